The molecule has 25 heavy (non-hydrogen) atoms. The molecule has 0 radical (unpaired) electrons. The van der Waals surface area contributed by atoms with Crippen LogP contribution in [-0.4, -0.2) is 16.2 Å². The summed E-state index contributed by atoms with van der Waals surface area (Å²) < 4.78 is 20.4. The van der Waals surface area contributed by atoms with Crippen molar-refractivity contribution in [3.05, 3.63) is 84.4 Å². The Balaban J connectivity index is 1.85. The van der Waals surface area contributed by atoms with Crippen LogP contribution in [0.25, 0.3) is 11.1 Å². The fourth-order valence-corrected chi connectivity index (χ4v) is 2.69. The molecule has 3 nitrogen and oxygen atoms in total. The van der Waals surface area contributed by atoms with E-state index in [0.717, 1.165) is 16.7 Å². The predicted octanol–water partition coefficient (Wildman–Crippen LogP) is 4.78. The molecular formula is C21H20FNO2. The summed E-state index contributed by atoms with van der Waals surface area (Å²) in [6.45, 7) is 1.68. The number of aliphatic hydroxyl groups is 1. The molecule has 2 unspecified atom stereocenters. The first kappa shape index (κ1) is 17.1. The first-order valence-corrected chi connectivity index (χ1v) is 8.23. The lowest BCUT2D eigenvalue weighted by Crippen LogP contribution is -2.15. The smallest absolute Gasteiger partial charge is 0.165 e. The van der Waals surface area contributed by atoms with Gasteiger partial charge in [0.2, 0.25) is 0 Å². The normalized spacial score (nSPS) is 13.2. The number of rotatable bonds is 6. The van der Waals surface area contributed by atoms with E-state index in [-0.39, 0.29) is 5.75 Å². The fourth-order valence-electron chi connectivity index (χ4n) is 2.69. The van der Waals surface area contributed by atoms with E-state index >= 15 is 0 Å². The number of aliphatic hydroxyl groups excluding tert-OH is 1. The Labute approximate surface area is 146 Å². The first-order chi connectivity index (χ1) is 12.1. The first-order valence-electron chi connectivity index (χ1n) is 8.23. The van der Waals surface area contributed by atoms with Gasteiger partial charge in [-0.2, -0.15) is 0 Å². The monoisotopic (exact) mass is 337 g/mol. The Morgan fingerprint density at radius 3 is 2.48 bits per heavy atom. The van der Waals surface area contributed by atoms with Crippen molar-refractivity contribution in [2.75, 3.05) is 0 Å². The molecule has 3 aromatic rings. The maximum absolute atomic E-state index is 14.5. The van der Waals surface area contributed by atoms with Gasteiger partial charge in [0.25, 0.3) is 0 Å². The molecule has 0 aliphatic rings. The summed E-state index contributed by atoms with van der Waals surface area (Å²) in [7, 11) is 0. The van der Waals surface area contributed by atoms with Gasteiger partial charge in [0.05, 0.1) is 6.10 Å². The van der Waals surface area contributed by atoms with Gasteiger partial charge in [-0.25, -0.2) is 4.39 Å². The van der Waals surface area contributed by atoms with Crippen molar-refractivity contribution in [2.24, 2.45) is 0 Å². The quantitative estimate of drug-likeness (QED) is 0.704. The van der Waals surface area contributed by atoms with Crippen LogP contribution in [0.2, 0.25) is 0 Å². The lowest BCUT2D eigenvalue weighted by atomic mass is 10.0. The molecule has 0 aliphatic heterocycles. The van der Waals surface area contributed by atoms with Crippen LogP contribution in [0.3, 0.4) is 0 Å². The molecule has 0 saturated carbocycles. The van der Waals surface area contributed by atoms with Gasteiger partial charge in [-0.3, -0.25) is 4.98 Å². The minimum Gasteiger partial charge on any atom is -0.483 e. The largest absolute Gasteiger partial charge is 0.483 e. The third kappa shape index (κ3) is 4.43. The van der Waals surface area contributed by atoms with Gasteiger partial charge in [-0.05, 0) is 36.2 Å². The Kier molecular flexibility index (Phi) is 5.41. The second-order valence-electron chi connectivity index (χ2n) is 5.99. The topological polar surface area (TPSA) is 42.4 Å². The van der Waals surface area contributed by atoms with E-state index in [9.17, 15) is 9.50 Å². The third-order valence-corrected chi connectivity index (χ3v) is 3.92. The van der Waals surface area contributed by atoms with Crippen LogP contribution in [0.1, 0.15) is 25.0 Å². The molecule has 128 valence electrons. The molecule has 2 atom stereocenters. The highest BCUT2D eigenvalue weighted by molar-refractivity contribution is 5.64. The van der Waals surface area contributed by atoms with Gasteiger partial charge in [0, 0.05) is 24.4 Å². The second kappa shape index (κ2) is 7.90. The molecule has 0 aliphatic carbocycles. The van der Waals surface area contributed by atoms with E-state index in [1.807, 2.05) is 42.5 Å². The summed E-state index contributed by atoms with van der Waals surface area (Å²) in [6.07, 6.45) is 2.65. The van der Waals surface area contributed by atoms with Crippen molar-refractivity contribution < 1.29 is 14.2 Å². The number of halogens is 1. The highest BCUT2D eigenvalue weighted by atomic mass is 19.1. The number of ether oxygens (including phenoxy) is 1. The minimum absolute atomic E-state index is 0.161. The highest BCUT2D eigenvalue weighted by Crippen LogP contribution is 2.30. The number of hydrogen-bond donors (Lipinski definition) is 1. The highest BCUT2D eigenvalue weighted by Gasteiger charge is 2.18. The zero-order valence-corrected chi connectivity index (χ0v) is 14.0. The zero-order chi connectivity index (χ0) is 17.6. The van der Waals surface area contributed by atoms with Gasteiger partial charge in [0.15, 0.2) is 11.6 Å². The summed E-state index contributed by atoms with van der Waals surface area (Å²) in [4.78, 5) is 4.08. The molecule has 2 aromatic carbocycles. The van der Waals surface area contributed by atoms with E-state index < -0.39 is 18.0 Å². The number of pyridine rings is 1. The summed E-state index contributed by atoms with van der Waals surface area (Å²) >= 11 is 0. The molecule has 0 fully saturated rings. The predicted molar refractivity (Wildman–Crippen MR) is 95.7 cm³/mol. The lowest BCUT2D eigenvalue weighted by Gasteiger charge is -2.21. The lowest BCUT2D eigenvalue weighted by molar-refractivity contribution is 0.103. The molecule has 1 heterocycles. The Bertz CT molecular complexity index is 807. The van der Waals surface area contributed by atoms with Crippen molar-refractivity contribution in [3.8, 4) is 16.9 Å². The fraction of sp³-hybridized carbons (Fsp3) is 0.190. The molecule has 1 aromatic heterocycles. The third-order valence-electron chi connectivity index (χ3n) is 3.92. The molecular weight excluding hydrogens is 317 g/mol. The van der Waals surface area contributed by atoms with Crippen LogP contribution in [0.4, 0.5) is 4.39 Å². The van der Waals surface area contributed by atoms with Crippen molar-refractivity contribution in [3.63, 3.8) is 0 Å². The number of benzene rings is 2. The molecule has 0 bridgehead atoms. The van der Waals surface area contributed by atoms with Crippen LogP contribution in [-0.2, 0) is 0 Å². The average molecular weight is 337 g/mol. The van der Waals surface area contributed by atoms with Gasteiger partial charge >= 0.3 is 0 Å². The Hall–Kier alpha value is -2.72. The molecule has 0 amide bonds. The van der Waals surface area contributed by atoms with Gasteiger partial charge in [-0.1, -0.05) is 42.5 Å². The van der Waals surface area contributed by atoms with Crippen LogP contribution < -0.4 is 4.74 Å². The van der Waals surface area contributed by atoms with Crippen LogP contribution in [0.15, 0.2) is 73.1 Å². The van der Waals surface area contributed by atoms with Crippen molar-refractivity contribution >= 4 is 0 Å². The number of aromatic nitrogens is 1. The van der Waals surface area contributed by atoms with E-state index in [0.29, 0.717) is 6.42 Å². The second-order valence-corrected chi connectivity index (χ2v) is 5.99. The van der Waals surface area contributed by atoms with Crippen molar-refractivity contribution in [1.82, 2.24) is 4.98 Å². The SMILES string of the molecule is CC(O)CC(Oc1ccc(-c2ccccc2)cc1F)c1cccnc1. The summed E-state index contributed by atoms with van der Waals surface area (Å²) in [5.74, 6) is -0.268. The summed E-state index contributed by atoms with van der Waals surface area (Å²) in [6, 6.07) is 18.2. The number of hydrogen-bond acceptors (Lipinski definition) is 3. The van der Waals surface area contributed by atoms with Crippen LogP contribution >= 0.6 is 0 Å². The van der Waals surface area contributed by atoms with Gasteiger partial charge in [-0.15, -0.1) is 0 Å². The summed E-state index contributed by atoms with van der Waals surface area (Å²) in [5, 5.41) is 9.73. The Morgan fingerprint density at radius 1 is 1.04 bits per heavy atom. The van der Waals surface area contributed by atoms with E-state index in [4.69, 9.17) is 4.74 Å². The van der Waals surface area contributed by atoms with Gasteiger partial charge in [0.1, 0.15) is 6.10 Å². The maximum Gasteiger partial charge on any atom is 0.165 e. The van der Waals surface area contributed by atoms with E-state index in [1.54, 1.807) is 31.5 Å². The Morgan fingerprint density at radius 2 is 1.84 bits per heavy atom. The molecule has 0 saturated heterocycles. The van der Waals surface area contributed by atoms with Crippen LogP contribution in [0, 0.1) is 5.82 Å². The molecule has 4 heteroatoms. The van der Waals surface area contributed by atoms with Gasteiger partial charge < -0.3 is 9.84 Å². The van der Waals surface area contributed by atoms with E-state index in [1.165, 1.54) is 6.07 Å². The van der Waals surface area contributed by atoms with Crippen LogP contribution in [0.5, 0.6) is 5.75 Å². The maximum atomic E-state index is 14.5. The summed E-state index contributed by atoms with van der Waals surface area (Å²) in [5.41, 5.74) is 2.54. The molecule has 1 N–H and O–H groups in total. The molecule has 3 rings (SSSR count). The minimum atomic E-state index is -0.572. The number of nitrogens with zero attached hydrogens (tertiary/aromatic N) is 1. The van der Waals surface area contributed by atoms with Crippen molar-refractivity contribution in [2.45, 2.75) is 25.6 Å². The molecule has 0 spiro atoms. The van der Waals surface area contributed by atoms with E-state index in [2.05, 4.69) is 4.98 Å². The average Bonchev–Trinajstić information content (AvgIpc) is 2.64. The zero-order valence-electron chi connectivity index (χ0n) is 14.0. The van der Waals surface area contributed by atoms with Crippen molar-refractivity contribution in [1.29, 1.82) is 0 Å². The standard InChI is InChI=1S/C21H20FNO2/c1-15(24)12-21(18-8-5-11-23-14-18)25-20-10-9-17(13-19(20)22)16-6-3-2-4-7-16/h2-11,13-15,21,24H,12H2,1H3.